The van der Waals surface area contributed by atoms with Crippen LogP contribution in [0.1, 0.15) is 11.6 Å². The lowest BCUT2D eigenvalue weighted by Crippen LogP contribution is -2.47. The van der Waals surface area contributed by atoms with E-state index >= 15 is 0 Å². The standard InChI is InChI=1S/C15H19N5/c1-19-7-8-20(15-9-14(16)17-11-18-15)13(10-19)12-5-3-2-4-6-12/h2-6,9,11,13H,7-8,10H2,1H3,(H2,16,17,18). The third kappa shape index (κ3) is 2.58. The van der Waals surface area contributed by atoms with Crippen molar-refractivity contribution in [3.05, 3.63) is 48.3 Å². The van der Waals surface area contributed by atoms with Gasteiger partial charge in [-0.2, -0.15) is 0 Å². The summed E-state index contributed by atoms with van der Waals surface area (Å²) in [5.74, 6) is 1.42. The van der Waals surface area contributed by atoms with Gasteiger partial charge in [-0.3, -0.25) is 0 Å². The Morgan fingerprint density at radius 2 is 1.95 bits per heavy atom. The fourth-order valence-corrected chi connectivity index (χ4v) is 2.67. The maximum absolute atomic E-state index is 5.79. The highest BCUT2D eigenvalue weighted by Gasteiger charge is 2.27. The molecule has 0 radical (unpaired) electrons. The third-order valence-electron chi connectivity index (χ3n) is 3.74. The molecular weight excluding hydrogens is 250 g/mol. The second-order valence-corrected chi connectivity index (χ2v) is 5.18. The molecule has 1 aliphatic rings. The molecule has 0 amide bonds. The second-order valence-electron chi connectivity index (χ2n) is 5.18. The summed E-state index contributed by atoms with van der Waals surface area (Å²) in [6, 6.07) is 12.7. The van der Waals surface area contributed by atoms with Crippen molar-refractivity contribution in [2.45, 2.75) is 6.04 Å². The second kappa shape index (κ2) is 5.46. The zero-order chi connectivity index (χ0) is 13.9. The van der Waals surface area contributed by atoms with Gasteiger partial charge in [0.15, 0.2) is 0 Å². The number of nitrogens with two attached hydrogens (primary N) is 1. The molecule has 3 rings (SSSR count). The van der Waals surface area contributed by atoms with Crippen LogP contribution in [0.4, 0.5) is 11.6 Å². The highest BCUT2D eigenvalue weighted by Crippen LogP contribution is 2.29. The Morgan fingerprint density at radius 3 is 2.70 bits per heavy atom. The Labute approximate surface area is 119 Å². The molecule has 0 saturated carbocycles. The molecule has 1 aromatic heterocycles. The molecule has 1 saturated heterocycles. The number of likely N-dealkylation sites (N-methyl/N-ethyl adjacent to an activating group) is 1. The Morgan fingerprint density at radius 1 is 1.15 bits per heavy atom. The highest BCUT2D eigenvalue weighted by atomic mass is 15.3. The zero-order valence-corrected chi connectivity index (χ0v) is 11.6. The van der Waals surface area contributed by atoms with E-state index < -0.39 is 0 Å². The van der Waals surface area contributed by atoms with Crippen LogP contribution in [0.3, 0.4) is 0 Å². The minimum atomic E-state index is 0.296. The molecule has 1 aliphatic heterocycles. The number of aromatic nitrogens is 2. The fourth-order valence-electron chi connectivity index (χ4n) is 2.67. The lowest BCUT2D eigenvalue weighted by atomic mass is 10.0. The summed E-state index contributed by atoms with van der Waals surface area (Å²) in [6.07, 6.45) is 1.53. The zero-order valence-electron chi connectivity index (χ0n) is 11.6. The summed E-state index contributed by atoms with van der Waals surface area (Å²) in [5.41, 5.74) is 7.09. The van der Waals surface area contributed by atoms with Gasteiger partial charge >= 0.3 is 0 Å². The summed E-state index contributed by atoms with van der Waals surface area (Å²) in [6.45, 7) is 2.94. The van der Waals surface area contributed by atoms with Gasteiger partial charge in [-0.1, -0.05) is 30.3 Å². The first-order chi connectivity index (χ1) is 9.74. The van der Waals surface area contributed by atoms with E-state index in [0.717, 1.165) is 25.5 Å². The number of hydrogen-bond donors (Lipinski definition) is 1. The average molecular weight is 269 g/mol. The van der Waals surface area contributed by atoms with E-state index in [1.807, 2.05) is 12.1 Å². The topological polar surface area (TPSA) is 58.3 Å². The Bertz CT molecular complexity index is 571. The summed E-state index contributed by atoms with van der Waals surface area (Å²) < 4.78 is 0. The van der Waals surface area contributed by atoms with E-state index in [2.05, 4.69) is 51.1 Å². The van der Waals surface area contributed by atoms with E-state index in [9.17, 15) is 0 Å². The lowest BCUT2D eigenvalue weighted by molar-refractivity contribution is 0.268. The molecule has 1 unspecified atom stereocenters. The van der Waals surface area contributed by atoms with E-state index in [0.29, 0.717) is 11.9 Å². The van der Waals surface area contributed by atoms with E-state index in [1.165, 1.54) is 11.9 Å². The van der Waals surface area contributed by atoms with Gasteiger partial charge in [0.25, 0.3) is 0 Å². The minimum absolute atomic E-state index is 0.296. The van der Waals surface area contributed by atoms with Crippen molar-refractivity contribution in [1.82, 2.24) is 14.9 Å². The number of anilines is 2. The van der Waals surface area contributed by atoms with Crippen molar-refractivity contribution >= 4 is 11.6 Å². The fraction of sp³-hybridized carbons (Fsp3) is 0.333. The lowest BCUT2D eigenvalue weighted by Gasteiger charge is -2.41. The smallest absolute Gasteiger partial charge is 0.134 e. The van der Waals surface area contributed by atoms with Gasteiger partial charge in [0.2, 0.25) is 0 Å². The van der Waals surface area contributed by atoms with E-state index in [-0.39, 0.29) is 0 Å². The predicted octanol–water partition coefficient (Wildman–Crippen LogP) is 1.55. The van der Waals surface area contributed by atoms with Crippen molar-refractivity contribution in [2.75, 3.05) is 37.3 Å². The van der Waals surface area contributed by atoms with Crippen LogP contribution in [-0.2, 0) is 0 Å². The van der Waals surface area contributed by atoms with Crippen molar-refractivity contribution in [3.63, 3.8) is 0 Å². The number of piperazine rings is 1. The maximum atomic E-state index is 5.79. The molecule has 0 spiro atoms. The van der Waals surface area contributed by atoms with Crippen molar-refractivity contribution < 1.29 is 0 Å². The first kappa shape index (κ1) is 12.9. The monoisotopic (exact) mass is 269 g/mol. The van der Waals surface area contributed by atoms with Crippen molar-refractivity contribution in [3.8, 4) is 0 Å². The molecule has 20 heavy (non-hydrogen) atoms. The van der Waals surface area contributed by atoms with Crippen LogP contribution < -0.4 is 10.6 Å². The molecule has 5 heteroatoms. The van der Waals surface area contributed by atoms with Crippen LogP contribution in [0, 0.1) is 0 Å². The number of benzene rings is 1. The number of nitrogens with zero attached hydrogens (tertiary/aromatic N) is 4. The van der Waals surface area contributed by atoms with Gasteiger partial charge in [-0.05, 0) is 12.6 Å². The van der Waals surface area contributed by atoms with Gasteiger partial charge in [0, 0.05) is 25.7 Å². The largest absolute Gasteiger partial charge is 0.384 e. The highest BCUT2D eigenvalue weighted by molar-refractivity contribution is 5.48. The Hall–Kier alpha value is -2.14. The minimum Gasteiger partial charge on any atom is -0.384 e. The molecule has 104 valence electrons. The van der Waals surface area contributed by atoms with Gasteiger partial charge < -0.3 is 15.5 Å². The van der Waals surface area contributed by atoms with Crippen molar-refractivity contribution in [2.24, 2.45) is 0 Å². The summed E-state index contributed by atoms with van der Waals surface area (Å²) in [7, 11) is 2.15. The summed E-state index contributed by atoms with van der Waals surface area (Å²) in [5, 5.41) is 0. The van der Waals surface area contributed by atoms with Crippen molar-refractivity contribution in [1.29, 1.82) is 0 Å². The van der Waals surface area contributed by atoms with Crippen LogP contribution in [0.2, 0.25) is 0 Å². The van der Waals surface area contributed by atoms with Gasteiger partial charge in [0.05, 0.1) is 6.04 Å². The normalized spacial score (nSPS) is 20.1. The van der Waals surface area contributed by atoms with Gasteiger partial charge in [-0.15, -0.1) is 0 Å². The first-order valence-corrected chi connectivity index (χ1v) is 6.81. The van der Waals surface area contributed by atoms with Crippen LogP contribution in [0.25, 0.3) is 0 Å². The number of nitrogen functional groups attached to an aromatic ring is 1. The maximum Gasteiger partial charge on any atom is 0.134 e. The molecule has 1 atom stereocenters. The van der Waals surface area contributed by atoms with Crippen LogP contribution >= 0.6 is 0 Å². The molecule has 2 N–H and O–H groups in total. The molecule has 0 bridgehead atoms. The third-order valence-corrected chi connectivity index (χ3v) is 3.74. The van der Waals surface area contributed by atoms with Crippen LogP contribution in [-0.4, -0.2) is 41.5 Å². The molecule has 0 aliphatic carbocycles. The first-order valence-electron chi connectivity index (χ1n) is 6.81. The number of hydrogen-bond acceptors (Lipinski definition) is 5. The number of rotatable bonds is 2. The molecular formula is C15H19N5. The summed E-state index contributed by atoms with van der Waals surface area (Å²) >= 11 is 0. The SMILES string of the molecule is CN1CCN(c2cc(N)ncn2)C(c2ccccc2)C1. The van der Waals surface area contributed by atoms with Gasteiger partial charge in [0.1, 0.15) is 18.0 Å². The Kier molecular flexibility index (Phi) is 3.52. The van der Waals surface area contributed by atoms with Gasteiger partial charge in [-0.25, -0.2) is 9.97 Å². The molecule has 2 heterocycles. The van der Waals surface area contributed by atoms with E-state index in [1.54, 1.807) is 0 Å². The predicted molar refractivity (Wildman–Crippen MR) is 80.5 cm³/mol. The van der Waals surface area contributed by atoms with E-state index in [4.69, 9.17) is 5.73 Å². The molecule has 1 fully saturated rings. The quantitative estimate of drug-likeness (QED) is 0.896. The molecule has 1 aromatic carbocycles. The average Bonchev–Trinajstić information content (AvgIpc) is 2.48. The van der Waals surface area contributed by atoms with Crippen LogP contribution in [0.5, 0.6) is 0 Å². The molecule has 2 aromatic rings. The molecule has 5 nitrogen and oxygen atoms in total. The van der Waals surface area contributed by atoms with Crippen LogP contribution in [0.15, 0.2) is 42.7 Å². The Balaban J connectivity index is 1.95. The summed E-state index contributed by atoms with van der Waals surface area (Å²) in [4.78, 5) is 13.0.